The molecule has 0 saturated carbocycles. The Kier molecular flexibility index (Phi) is 5.05. The summed E-state index contributed by atoms with van der Waals surface area (Å²) in [7, 11) is 0. The molecule has 1 heterocycles. The second kappa shape index (κ2) is 6.78. The van der Waals surface area contributed by atoms with Crippen molar-refractivity contribution < 1.29 is 9.90 Å². The van der Waals surface area contributed by atoms with E-state index in [1.165, 1.54) is 31.4 Å². The van der Waals surface area contributed by atoms with Crippen LogP contribution in [0.15, 0.2) is 18.2 Å². The lowest BCUT2D eigenvalue weighted by Gasteiger charge is -2.26. The van der Waals surface area contributed by atoms with Gasteiger partial charge in [-0.3, -0.25) is 4.79 Å². The van der Waals surface area contributed by atoms with E-state index in [4.69, 9.17) is 11.6 Å². The topological polar surface area (TPSA) is 52.6 Å². The van der Waals surface area contributed by atoms with Gasteiger partial charge in [-0.05, 0) is 44.1 Å². The molecule has 1 aliphatic rings. The maximum absolute atomic E-state index is 11.9. The molecule has 1 amide bonds. The van der Waals surface area contributed by atoms with Gasteiger partial charge in [0, 0.05) is 18.1 Å². The number of rotatable bonds is 4. The van der Waals surface area contributed by atoms with Crippen molar-refractivity contribution in [1.29, 1.82) is 0 Å². The number of benzene rings is 1. The highest BCUT2D eigenvalue weighted by Crippen LogP contribution is 2.21. The van der Waals surface area contributed by atoms with Crippen LogP contribution >= 0.6 is 11.6 Å². The van der Waals surface area contributed by atoms with Crippen LogP contribution in [0.5, 0.6) is 5.75 Å². The number of piperidine rings is 1. The van der Waals surface area contributed by atoms with Gasteiger partial charge in [-0.1, -0.05) is 18.0 Å². The summed E-state index contributed by atoms with van der Waals surface area (Å²) < 4.78 is 0. The van der Waals surface area contributed by atoms with Crippen LogP contribution in [0, 0.1) is 0 Å². The molecule has 1 saturated heterocycles. The number of carbonyl (C=O) groups excluding carboxylic acids is 1. The molecular formula is C14H19ClN2O2. The van der Waals surface area contributed by atoms with Crippen molar-refractivity contribution in [2.75, 3.05) is 26.2 Å². The van der Waals surface area contributed by atoms with Gasteiger partial charge < -0.3 is 15.3 Å². The van der Waals surface area contributed by atoms with Gasteiger partial charge in [-0.15, -0.1) is 0 Å². The van der Waals surface area contributed by atoms with E-state index in [1.54, 1.807) is 6.07 Å². The largest absolute Gasteiger partial charge is 0.507 e. The lowest BCUT2D eigenvalue weighted by Crippen LogP contribution is -2.37. The first-order valence-electron chi connectivity index (χ1n) is 6.66. The first kappa shape index (κ1) is 14.2. The van der Waals surface area contributed by atoms with Crippen LogP contribution in [0.25, 0.3) is 0 Å². The number of carbonyl (C=O) groups is 1. The number of hydrogen-bond donors (Lipinski definition) is 2. The Morgan fingerprint density at radius 1 is 1.32 bits per heavy atom. The van der Waals surface area contributed by atoms with Gasteiger partial charge in [0.1, 0.15) is 5.75 Å². The zero-order valence-corrected chi connectivity index (χ0v) is 11.6. The summed E-state index contributed by atoms with van der Waals surface area (Å²) in [4.78, 5) is 14.2. The standard InChI is InChI=1S/C14H19ClN2O2/c15-11-4-5-12(13(18)10-11)14(19)16-6-9-17-7-2-1-3-8-17/h4-5,10,18H,1-3,6-9H2,(H,16,19). The molecule has 0 radical (unpaired) electrons. The third kappa shape index (κ3) is 4.11. The predicted octanol–water partition coefficient (Wildman–Crippen LogP) is 2.26. The van der Waals surface area contributed by atoms with E-state index in [1.807, 2.05) is 0 Å². The fourth-order valence-corrected chi connectivity index (χ4v) is 2.47. The summed E-state index contributed by atoms with van der Waals surface area (Å²) in [6, 6.07) is 4.51. The van der Waals surface area contributed by atoms with E-state index in [2.05, 4.69) is 10.2 Å². The predicted molar refractivity (Wildman–Crippen MR) is 75.7 cm³/mol. The molecule has 1 fully saturated rings. The van der Waals surface area contributed by atoms with Crippen LogP contribution in [0.4, 0.5) is 0 Å². The molecule has 0 aliphatic carbocycles. The Labute approximate surface area is 118 Å². The molecule has 2 rings (SSSR count). The number of nitrogens with zero attached hydrogens (tertiary/aromatic N) is 1. The first-order valence-corrected chi connectivity index (χ1v) is 7.03. The fraction of sp³-hybridized carbons (Fsp3) is 0.500. The van der Waals surface area contributed by atoms with Gasteiger partial charge in [0.05, 0.1) is 5.56 Å². The van der Waals surface area contributed by atoms with Crippen LogP contribution < -0.4 is 5.32 Å². The molecule has 19 heavy (non-hydrogen) atoms. The average molecular weight is 283 g/mol. The summed E-state index contributed by atoms with van der Waals surface area (Å²) in [5.41, 5.74) is 0.267. The van der Waals surface area contributed by atoms with E-state index >= 15 is 0 Å². The normalized spacial score (nSPS) is 16.3. The Bertz CT molecular complexity index is 445. The summed E-state index contributed by atoms with van der Waals surface area (Å²) >= 11 is 5.73. The van der Waals surface area contributed by atoms with Crippen molar-refractivity contribution in [3.05, 3.63) is 28.8 Å². The second-order valence-electron chi connectivity index (χ2n) is 4.82. The molecule has 0 spiro atoms. The van der Waals surface area contributed by atoms with Crippen LogP contribution in [0.3, 0.4) is 0 Å². The second-order valence-corrected chi connectivity index (χ2v) is 5.26. The average Bonchev–Trinajstić information content (AvgIpc) is 2.39. The highest BCUT2D eigenvalue weighted by Gasteiger charge is 2.13. The van der Waals surface area contributed by atoms with Crippen LogP contribution in [0.1, 0.15) is 29.6 Å². The van der Waals surface area contributed by atoms with Crippen molar-refractivity contribution in [1.82, 2.24) is 10.2 Å². The molecule has 2 N–H and O–H groups in total. The monoisotopic (exact) mass is 282 g/mol. The highest BCUT2D eigenvalue weighted by atomic mass is 35.5. The minimum atomic E-state index is -0.258. The van der Waals surface area contributed by atoms with Gasteiger partial charge in [0.2, 0.25) is 0 Å². The maximum Gasteiger partial charge on any atom is 0.255 e. The minimum Gasteiger partial charge on any atom is -0.507 e. The molecular weight excluding hydrogens is 264 g/mol. The fourth-order valence-electron chi connectivity index (χ4n) is 2.30. The van der Waals surface area contributed by atoms with Gasteiger partial charge >= 0.3 is 0 Å². The third-order valence-corrected chi connectivity index (χ3v) is 3.60. The third-order valence-electron chi connectivity index (χ3n) is 3.37. The summed E-state index contributed by atoms with van der Waals surface area (Å²) in [5.74, 6) is -0.339. The molecule has 104 valence electrons. The Morgan fingerprint density at radius 2 is 2.05 bits per heavy atom. The summed E-state index contributed by atoms with van der Waals surface area (Å²) in [6.07, 6.45) is 3.79. The van der Waals surface area contributed by atoms with Crippen LogP contribution in [0.2, 0.25) is 5.02 Å². The zero-order chi connectivity index (χ0) is 13.7. The molecule has 5 heteroatoms. The first-order chi connectivity index (χ1) is 9.16. The molecule has 1 aromatic carbocycles. The summed E-state index contributed by atoms with van der Waals surface area (Å²) in [5, 5.41) is 12.9. The van der Waals surface area contributed by atoms with Crippen LogP contribution in [-0.4, -0.2) is 42.1 Å². The Morgan fingerprint density at radius 3 is 2.74 bits per heavy atom. The van der Waals surface area contributed by atoms with Crippen molar-refractivity contribution in [2.45, 2.75) is 19.3 Å². The smallest absolute Gasteiger partial charge is 0.255 e. The molecule has 1 aromatic rings. The van der Waals surface area contributed by atoms with Crippen molar-refractivity contribution in [3.63, 3.8) is 0 Å². The van der Waals surface area contributed by atoms with Crippen molar-refractivity contribution in [3.8, 4) is 5.75 Å². The SMILES string of the molecule is O=C(NCCN1CCCCC1)c1ccc(Cl)cc1O. The molecule has 0 aromatic heterocycles. The minimum absolute atomic E-state index is 0.0806. The molecule has 1 aliphatic heterocycles. The van der Waals surface area contributed by atoms with Crippen LogP contribution in [-0.2, 0) is 0 Å². The number of phenols is 1. The maximum atomic E-state index is 11.9. The van der Waals surface area contributed by atoms with E-state index < -0.39 is 0 Å². The van der Waals surface area contributed by atoms with Crippen molar-refractivity contribution in [2.24, 2.45) is 0 Å². The number of likely N-dealkylation sites (tertiary alicyclic amines) is 1. The number of nitrogens with one attached hydrogen (secondary N) is 1. The zero-order valence-electron chi connectivity index (χ0n) is 10.9. The van der Waals surface area contributed by atoms with E-state index in [-0.39, 0.29) is 17.2 Å². The molecule has 4 nitrogen and oxygen atoms in total. The van der Waals surface area contributed by atoms with Crippen molar-refractivity contribution >= 4 is 17.5 Å². The molecule has 0 atom stereocenters. The van der Waals surface area contributed by atoms with Gasteiger partial charge in [-0.25, -0.2) is 0 Å². The number of hydrogen-bond acceptors (Lipinski definition) is 3. The van der Waals surface area contributed by atoms with Gasteiger partial charge in [0.25, 0.3) is 5.91 Å². The number of halogens is 1. The quantitative estimate of drug-likeness (QED) is 0.891. The van der Waals surface area contributed by atoms with E-state index in [0.717, 1.165) is 19.6 Å². The van der Waals surface area contributed by atoms with Gasteiger partial charge in [-0.2, -0.15) is 0 Å². The highest BCUT2D eigenvalue weighted by molar-refractivity contribution is 6.30. The lowest BCUT2D eigenvalue weighted by atomic mass is 10.1. The number of phenolic OH excluding ortho intramolecular Hbond substituents is 1. The Hall–Kier alpha value is -1.26. The van der Waals surface area contributed by atoms with E-state index in [0.29, 0.717) is 11.6 Å². The summed E-state index contributed by atoms with van der Waals surface area (Å²) in [6.45, 7) is 3.69. The number of amides is 1. The number of aromatic hydroxyl groups is 1. The lowest BCUT2D eigenvalue weighted by molar-refractivity contribution is 0.0944. The molecule has 0 bridgehead atoms. The van der Waals surface area contributed by atoms with E-state index in [9.17, 15) is 9.90 Å². The van der Waals surface area contributed by atoms with Gasteiger partial charge in [0.15, 0.2) is 0 Å². The Balaban J connectivity index is 1.80. The molecule has 0 unspecified atom stereocenters.